The molecule has 1 aliphatic rings. The molecule has 0 saturated carbocycles. The number of piperazine rings is 1. The lowest BCUT2D eigenvalue weighted by Gasteiger charge is -2.42. The molecule has 0 aromatic rings. The van der Waals surface area contributed by atoms with E-state index in [9.17, 15) is 0 Å². The zero-order chi connectivity index (χ0) is 14.5. The van der Waals surface area contributed by atoms with E-state index in [1.807, 2.05) is 0 Å². The second-order valence-corrected chi connectivity index (χ2v) is 7.92. The summed E-state index contributed by atoms with van der Waals surface area (Å²) in [7, 11) is 0. The van der Waals surface area contributed by atoms with Crippen molar-refractivity contribution < 1.29 is 0 Å². The number of hydrogen-bond acceptors (Lipinski definition) is 3. The highest BCUT2D eigenvalue weighted by Crippen LogP contribution is 2.24. The van der Waals surface area contributed by atoms with Gasteiger partial charge in [-0.05, 0) is 31.6 Å². The fraction of sp³-hybridized carbons (Fsp3) is 1.00. The minimum atomic E-state index is 0.260. The van der Waals surface area contributed by atoms with Crippen LogP contribution in [0.1, 0.15) is 48.0 Å². The first kappa shape index (κ1) is 16.9. The maximum Gasteiger partial charge on any atom is 0.0278 e. The molecule has 1 heterocycles. The molecule has 1 fully saturated rings. The summed E-state index contributed by atoms with van der Waals surface area (Å²) in [5.74, 6) is 0.776. The van der Waals surface area contributed by atoms with Crippen LogP contribution in [0.5, 0.6) is 0 Å². The molecule has 19 heavy (non-hydrogen) atoms. The van der Waals surface area contributed by atoms with Gasteiger partial charge in [0.15, 0.2) is 0 Å². The third kappa shape index (κ3) is 6.24. The normalized spacial score (nSPS) is 19.1. The van der Waals surface area contributed by atoms with E-state index in [4.69, 9.17) is 0 Å². The van der Waals surface area contributed by atoms with Crippen LogP contribution < -0.4 is 10.6 Å². The monoisotopic (exact) mass is 269 g/mol. The van der Waals surface area contributed by atoms with Crippen LogP contribution in [0, 0.1) is 11.3 Å². The summed E-state index contributed by atoms with van der Waals surface area (Å²) in [5, 5.41) is 7.13. The van der Waals surface area contributed by atoms with Gasteiger partial charge in [-0.25, -0.2) is 0 Å². The Bertz CT molecular complexity index is 253. The Labute approximate surface area is 120 Å². The van der Waals surface area contributed by atoms with E-state index in [2.05, 4.69) is 57.1 Å². The highest BCUT2D eigenvalue weighted by molar-refractivity contribution is 4.87. The minimum absolute atomic E-state index is 0.260. The average Bonchev–Trinajstić information content (AvgIpc) is 2.27. The molecule has 0 atom stereocenters. The third-order valence-corrected chi connectivity index (χ3v) is 4.10. The summed E-state index contributed by atoms with van der Waals surface area (Å²) < 4.78 is 0. The van der Waals surface area contributed by atoms with Crippen molar-refractivity contribution in [3.8, 4) is 0 Å². The fourth-order valence-electron chi connectivity index (χ4n) is 3.27. The molecule has 0 unspecified atom stereocenters. The van der Waals surface area contributed by atoms with Gasteiger partial charge in [-0.1, -0.05) is 27.7 Å². The number of hydrogen-bond donors (Lipinski definition) is 2. The van der Waals surface area contributed by atoms with E-state index < -0.39 is 0 Å². The van der Waals surface area contributed by atoms with Gasteiger partial charge >= 0.3 is 0 Å². The largest absolute Gasteiger partial charge is 0.314 e. The lowest BCUT2D eigenvalue weighted by atomic mass is 9.84. The van der Waals surface area contributed by atoms with Crippen LogP contribution >= 0.6 is 0 Å². The van der Waals surface area contributed by atoms with Gasteiger partial charge in [0.05, 0.1) is 0 Å². The lowest BCUT2D eigenvalue weighted by molar-refractivity contribution is 0.0985. The van der Waals surface area contributed by atoms with Crippen molar-refractivity contribution in [2.24, 2.45) is 11.3 Å². The van der Waals surface area contributed by atoms with Gasteiger partial charge in [-0.3, -0.25) is 4.90 Å². The summed E-state index contributed by atoms with van der Waals surface area (Å²) in [5.41, 5.74) is 0.656. The highest BCUT2D eigenvalue weighted by atomic mass is 15.2. The molecule has 114 valence electrons. The lowest BCUT2D eigenvalue weighted by Crippen LogP contribution is -2.57. The summed E-state index contributed by atoms with van der Waals surface area (Å²) in [6.07, 6.45) is 1.29. The first-order chi connectivity index (χ1) is 8.73. The first-order valence-corrected chi connectivity index (χ1v) is 7.89. The Kier molecular flexibility index (Phi) is 6.28. The maximum absolute atomic E-state index is 3.71. The van der Waals surface area contributed by atoms with Crippen LogP contribution in [0.2, 0.25) is 0 Å². The van der Waals surface area contributed by atoms with Crippen LogP contribution in [-0.4, -0.2) is 49.7 Å². The smallest absolute Gasteiger partial charge is 0.0278 e. The molecule has 3 heteroatoms. The number of nitrogens with zero attached hydrogens (tertiary/aromatic N) is 1. The zero-order valence-electron chi connectivity index (χ0n) is 14.0. The summed E-state index contributed by atoms with van der Waals surface area (Å²) in [6.45, 7) is 20.9. The molecule has 1 aliphatic heterocycles. The van der Waals surface area contributed by atoms with E-state index in [-0.39, 0.29) is 5.54 Å². The second-order valence-electron chi connectivity index (χ2n) is 7.92. The van der Waals surface area contributed by atoms with Crippen molar-refractivity contribution in [2.75, 3.05) is 39.3 Å². The number of rotatable bonds is 7. The topological polar surface area (TPSA) is 27.3 Å². The SMILES string of the molecule is CC(C)CC(C)(C)CNCC(C)(C)N1CCNCC1. The van der Waals surface area contributed by atoms with Gasteiger partial charge in [0.2, 0.25) is 0 Å². The summed E-state index contributed by atoms with van der Waals surface area (Å²) in [4.78, 5) is 2.60. The van der Waals surface area contributed by atoms with Crippen LogP contribution in [0.4, 0.5) is 0 Å². The van der Waals surface area contributed by atoms with E-state index >= 15 is 0 Å². The van der Waals surface area contributed by atoms with E-state index in [1.54, 1.807) is 0 Å². The maximum atomic E-state index is 3.71. The Morgan fingerprint density at radius 1 is 1.05 bits per heavy atom. The number of nitrogens with one attached hydrogen (secondary N) is 2. The fourth-order valence-corrected chi connectivity index (χ4v) is 3.27. The molecule has 0 aromatic heterocycles. The van der Waals surface area contributed by atoms with Crippen molar-refractivity contribution >= 4 is 0 Å². The Balaban J connectivity index is 2.34. The second kappa shape index (κ2) is 7.05. The van der Waals surface area contributed by atoms with Crippen LogP contribution in [-0.2, 0) is 0 Å². The predicted molar refractivity (Wildman–Crippen MR) is 84.6 cm³/mol. The Morgan fingerprint density at radius 2 is 1.63 bits per heavy atom. The molecule has 0 aromatic carbocycles. The van der Waals surface area contributed by atoms with Gasteiger partial charge in [0.25, 0.3) is 0 Å². The quantitative estimate of drug-likeness (QED) is 0.743. The average molecular weight is 269 g/mol. The molecule has 2 N–H and O–H groups in total. The first-order valence-electron chi connectivity index (χ1n) is 7.89. The zero-order valence-corrected chi connectivity index (χ0v) is 14.0. The van der Waals surface area contributed by atoms with Crippen LogP contribution in [0.25, 0.3) is 0 Å². The van der Waals surface area contributed by atoms with Gasteiger partial charge < -0.3 is 10.6 Å². The van der Waals surface area contributed by atoms with Crippen molar-refractivity contribution in [2.45, 2.75) is 53.5 Å². The molecular weight excluding hydrogens is 234 g/mol. The Morgan fingerprint density at radius 3 is 2.16 bits per heavy atom. The highest BCUT2D eigenvalue weighted by Gasteiger charge is 2.28. The van der Waals surface area contributed by atoms with Gasteiger partial charge in [0.1, 0.15) is 0 Å². The summed E-state index contributed by atoms with van der Waals surface area (Å²) in [6, 6.07) is 0. The van der Waals surface area contributed by atoms with E-state index in [0.29, 0.717) is 5.41 Å². The molecule has 0 bridgehead atoms. The third-order valence-electron chi connectivity index (χ3n) is 4.10. The molecule has 0 amide bonds. The van der Waals surface area contributed by atoms with Gasteiger partial charge in [0, 0.05) is 44.8 Å². The molecule has 3 nitrogen and oxygen atoms in total. The standard InChI is InChI=1S/C16H35N3/c1-14(2)11-15(3,4)12-18-13-16(5,6)19-9-7-17-8-10-19/h14,17-18H,7-13H2,1-6H3. The molecule has 1 saturated heterocycles. The van der Waals surface area contributed by atoms with E-state index in [0.717, 1.165) is 32.1 Å². The van der Waals surface area contributed by atoms with Crippen molar-refractivity contribution in [3.05, 3.63) is 0 Å². The molecule has 0 radical (unpaired) electrons. The van der Waals surface area contributed by atoms with Crippen molar-refractivity contribution in [1.82, 2.24) is 15.5 Å². The van der Waals surface area contributed by atoms with Crippen LogP contribution in [0.3, 0.4) is 0 Å². The molecule has 1 rings (SSSR count). The van der Waals surface area contributed by atoms with E-state index in [1.165, 1.54) is 19.5 Å². The van der Waals surface area contributed by atoms with Gasteiger partial charge in [-0.2, -0.15) is 0 Å². The minimum Gasteiger partial charge on any atom is -0.314 e. The predicted octanol–water partition coefficient (Wildman–Crippen LogP) is 2.33. The molecular formula is C16H35N3. The summed E-state index contributed by atoms with van der Waals surface area (Å²) >= 11 is 0. The van der Waals surface area contributed by atoms with Crippen LogP contribution in [0.15, 0.2) is 0 Å². The Hall–Kier alpha value is -0.120. The molecule has 0 aliphatic carbocycles. The van der Waals surface area contributed by atoms with Crippen molar-refractivity contribution in [1.29, 1.82) is 0 Å². The van der Waals surface area contributed by atoms with Crippen molar-refractivity contribution in [3.63, 3.8) is 0 Å². The van der Waals surface area contributed by atoms with Gasteiger partial charge in [-0.15, -0.1) is 0 Å². The molecule has 0 spiro atoms.